The Hall–Kier alpha value is -3.40. The van der Waals surface area contributed by atoms with Crippen LogP contribution in [0, 0.1) is 0 Å². The molecule has 1 unspecified atom stereocenters. The number of ether oxygens (including phenoxy) is 4. The van der Waals surface area contributed by atoms with E-state index < -0.39 is 0 Å². The first kappa shape index (κ1) is 21.8. The van der Waals surface area contributed by atoms with Crippen LogP contribution in [0.15, 0.2) is 47.6 Å². The zero-order valence-electron chi connectivity index (χ0n) is 18.0. The Kier molecular flexibility index (Phi) is 6.69. The number of hydrogen-bond acceptors (Lipinski definition) is 8. The van der Waals surface area contributed by atoms with Crippen molar-refractivity contribution in [2.75, 3.05) is 25.0 Å². The van der Waals surface area contributed by atoms with E-state index in [1.165, 1.54) is 11.8 Å². The van der Waals surface area contributed by atoms with Crippen molar-refractivity contribution in [2.45, 2.75) is 31.7 Å². The van der Waals surface area contributed by atoms with E-state index in [4.69, 9.17) is 18.9 Å². The molecule has 1 N–H and O–H groups in total. The summed E-state index contributed by atoms with van der Waals surface area (Å²) in [6, 6.07) is 12.7. The third-order valence-electron chi connectivity index (χ3n) is 4.77. The molecular formula is C22H24N4O5S. The predicted octanol–water partition coefficient (Wildman–Crippen LogP) is 3.91. The zero-order chi connectivity index (χ0) is 22.5. The molecular weight excluding hydrogens is 432 g/mol. The van der Waals surface area contributed by atoms with Gasteiger partial charge in [-0.15, -0.1) is 10.2 Å². The Morgan fingerprint density at radius 3 is 2.81 bits per heavy atom. The Balaban J connectivity index is 1.37. The number of aromatic nitrogens is 3. The van der Waals surface area contributed by atoms with E-state index in [0.717, 1.165) is 5.75 Å². The van der Waals surface area contributed by atoms with Gasteiger partial charge in [0.2, 0.25) is 12.7 Å². The quantitative estimate of drug-likeness (QED) is 0.484. The fraction of sp³-hybridized carbons (Fsp3) is 0.318. The van der Waals surface area contributed by atoms with Crippen LogP contribution in [0.2, 0.25) is 0 Å². The SMILES string of the molecule is CCn1c(SCC(=O)Nc2ccc3c(c2)OCO3)nnc1C(C)Oc1cccc(OC)c1. The second-order valence-corrected chi connectivity index (χ2v) is 7.87. The summed E-state index contributed by atoms with van der Waals surface area (Å²) in [5.41, 5.74) is 0.651. The van der Waals surface area contributed by atoms with Gasteiger partial charge in [0, 0.05) is 24.4 Å². The van der Waals surface area contributed by atoms with E-state index in [1.807, 2.05) is 42.7 Å². The highest BCUT2D eigenvalue weighted by Gasteiger charge is 2.20. The largest absolute Gasteiger partial charge is 0.497 e. The van der Waals surface area contributed by atoms with Gasteiger partial charge in [-0.3, -0.25) is 4.79 Å². The molecule has 0 spiro atoms. The van der Waals surface area contributed by atoms with Gasteiger partial charge in [0.05, 0.1) is 12.9 Å². The van der Waals surface area contributed by atoms with Crippen molar-refractivity contribution in [3.05, 3.63) is 48.3 Å². The topological polar surface area (TPSA) is 96.7 Å². The van der Waals surface area contributed by atoms with Gasteiger partial charge in [0.1, 0.15) is 11.5 Å². The Labute approximate surface area is 190 Å². The van der Waals surface area contributed by atoms with Crippen molar-refractivity contribution >= 4 is 23.4 Å². The zero-order valence-corrected chi connectivity index (χ0v) is 18.8. The molecule has 1 aromatic heterocycles. The number of amides is 1. The number of rotatable bonds is 9. The maximum absolute atomic E-state index is 12.4. The minimum Gasteiger partial charge on any atom is -0.497 e. The third kappa shape index (κ3) is 4.91. The molecule has 2 heterocycles. The van der Waals surface area contributed by atoms with E-state index in [9.17, 15) is 4.79 Å². The van der Waals surface area contributed by atoms with E-state index >= 15 is 0 Å². The lowest BCUT2D eigenvalue weighted by Gasteiger charge is -2.16. The smallest absolute Gasteiger partial charge is 0.234 e. The summed E-state index contributed by atoms with van der Waals surface area (Å²) in [6.07, 6.45) is -0.327. The number of carbonyl (C=O) groups excluding carboxylic acids is 1. The summed E-state index contributed by atoms with van der Waals surface area (Å²) in [6.45, 7) is 4.76. The van der Waals surface area contributed by atoms with Crippen molar-refractivity contribution in [3.8, 4) is 23.0 Å². The molecule has 3 aromatic rings. The van der Waals surface area contributed by atoms with Crippen molar-refractivity contribution < 1.29 is 23.7 Å². The van der Waals surface area contributed by atoms with Crippen LogP contribution in [-0.4, -0.2) is 40.3 Å². The maximum atomic E-state index is 12.4. The fourth-order valence-corrected chi connectivity index (χ4v) is 4.05. The summed E-state index contributed by atoms with van der Waals surface area (Å²) in [5.74, 6) is 3.42. The molecule has 0 bridgehead atoms. The molecule has 0 saturated heterocycles. The molecule has 1 aliphatic heterocycles. The van der Waals surface area contributed by atoms with Gasteiger partial charge in [-0.1, -0.05) is 17.8 Å². The monoisotopic (exact) mass is 456 g/mol. The average molecular weight is 457 g/mol. The summed E-state index contributed by atoms with van der Waals surface area (Å²) < 4.78 is 23.8. The van der Waals surface area contributed by atoms with Crippen LogP contribution in [0.1, 0.15) is 25.8 Å². The Bertz CT molecular complexity index is 1100. The second-order valence-electron chi connectivity index (χ2n) is 6.93. The number of thioether (sulfide) groups is 1. The van der Waals surface area contributed by atoms with Gasteiger partial charge in [0.25, 0.3) is 0 Å². The molecule has 1 aliphatic rings. The number of carbonyl (C=O) groups is 1. The first-order valence-electron chi connectivity index (χ1n) is 10.1. The van der Waals surface area contributed by atoms with Gasteiger partial charge in [-0.2, -0.15) is 0 Å². The number of methoxy groups -OCH3 is 1. The van der Waals surface area contributed by atoms with Crippen LogP contribution in [0.4, 0.5) is 5.69 Å². The summed E-state index contributed by atoms with van der Waals surface area (Å²) in [5, 5.41) is 12.1. The average Bonchev–Trinajstić information content (AvgIpc) is 3.44. The predicted molar refractivity (Wildman–Crippen MR) is 120 cm³/mol. The van der Waals surface area contributed by atoms with E-state index in [0.29, 0.717) is 40.5 Å². The first-order valence-corrected chi connectivity index (χ1v) is 11.1. The van der Waals surface area contributed by atoms with Crippen LogP contribution < -0.4 is 24.3 Å². The second kappa shape index (κ2) is 9.82. The number of fused-ring (bicyclic) bond motifs is 1. The highest BCUT2D eigenvalue weighted by molar-refractivity contribution is 7.99. The summed E-state index contributed by atoms with van der Waals surface area (Å²) >= 11 is 1.32. The minimum atomic E-state index is -0.327. The van der Waals surface area contributed by atoms with Gasteiger partial charge in [0.15, 0.2) is 28.6 Å². The molecule has 0 radical (unpaired) electrons. The molecule has 1 atom stereocenters. The summed E-state index contributed by atoms with van der Waals surface area (Å²) in [4.78, 5) is 12.4. The van der Waals surface area contributed by atoms with Crippen molar-refractivity contribution in [1.29, 1.82) is 0 Å². The number of benzene rings is 2. The fourth-order valence-electron chi connectivity index (χ4n) is 3.24. The molecule has 0 fully saturated rings. The highest BCUT2D eigenvalue weighted by Crippen LogP contribution is 2.34. The summed E-state index contributed by atoms with van der Waals surface area (Å²) in [7, 11) is 1.61. The number of nitrogens with zero attached hydrogens (tertiary/aromatic N) is 3. The van der Waals surface area contributed by atoms with Crippen molar-refractivity contribution in [3.63, 3.8) is 0 Å². The first-order chi connectivity index (χ1) is 15.6. The van der Waals surface area contributed by atoms with E-state index in [-0.39, 0.29) is 24.6 Å². The van der Waals surface area contributed by atoms with Crippen molar-refractivity contribution in [1.82, 2.24) is 14.8 Å². The highest BCUT2D eigenvalue weighted by atomic mass is 32.2. The molecule has 9 nitrogen and oxygen atoms in total. The normalized spacial score (nSPS) is 13.0. The van der Waals surface area contributed by atoms with Crippen LogP contribution in [-0.2, 0) is 11.3 Å². The van der Waals surface area contributed by atoms with Crippen LogP contribution >= 0.6 is 11.8 Å². The Morgan fingerprint density at radius 1 is 1.19 bits per heavy atom. The molecule has 0 saturated carbocycles. The maximum Gasteiger partial charge on any atom is 0.234 e. The van der Waals surface area contributed by atoms with Crippen molar-refractivity contribution in [2.24, 2.45) is 0 Å². The standard InChI is InChI=1S/C22H24N4O5S/c1-4-26-21(14(2)31-17-7-5-6-16(11-17)28-3)24-25-22(26)32-12-20(27)23-15-8-9-18-19(10-15)30-13-29-18/h5-11,14H,4,12-13H2,1-3H3,(H,23,27). The van der Waals surface area contributed by atoms with Crippen LogP contribution in [0.25, 0.3) is 0 Å². The number of nitrogens with one attached hydrogen (secondary N) is 1. The molecule has 168 valence electrons. The van der Waals surface area contributed by atoms with Gasteiger partial charge in [-0.05, 0) is 38.1 Å². The molecule has 2 aromatic carbocycles. The Morgan fingerprint density at radius 2 is 2.00 bits per heavy atom. The number of hydrogen-bond donors (Lipinski definition) is 1. The molecule has 10 heteroatoms. The lowest BCUT2D eigenvalue weighted by molar-refractivity contribution is -0.113. The van der Waals surface area contributed by atoms with E-state index in [2.05, 4.69) is 15.5 Å². The minimum absolute atomic E-state index is 0.151. The van der Waals surface area contributed by atoms with Gasteiger partial charge >= 0.3 is 0 Å². The van der Waals surface area contributed by atoms with E-state index in [1.54, 1.807) is 25.3 Å². The molecule has 1 amide bonds. The number of anilines is 1. The van der Waals surface area contributed by atoms with Crippen LogP contribution in [0.3, 0.4) is 0 Å². The third-order valence-corrected chi connectivity index (χ3v) is 5.73. The van der Waals surface area contributed by atoms with Gasteiger partial charge in [-0.25, -0.2) is 0 Å². The molecule has 4 rings (SSSR count). The molecule has 0 aliphatic carbocycles. The lowest BCUT2D eigenvalue weighted by Crippen LogP contribution is -2.15. The molecule has 32 heavy (non-hydrogen) atoms. The lowest BCUT2D eigenvalue weighted by atomic mass is 10.3. The van der Waals surface area contributed by atoms with Crippen LogP contribution in [0.5, 0.6) is 23.0 Å². The van der Waals surface area contributed by atoms with Gasteiger partial charge < -0.3 is 28.8 Å².